The fourth-order valence-corrected chi connectivity index (χ4v) is 2.31. The van der Waals surface area contributed by atoms with Gasteiger partial charge in [-0.25, -0.2) is 10.4 Å². The summed E-state index contributed by atoms with van der Waals surface area (Å²) in [4.78, 5) is 11.6. The van der Waals surface area contributed by atoms with Gasteiger partial charge in [0.2, 0.25) is 11.9 Å². The zero-order chi connectivity index (χ0) is 24.1. The Morgan fingerprint density at radius 3 is 2.30 bits per heavy atom. The van der Waals surface area contributed by atoms with Crippen LogP contribution in [0.4, 0.5) is 48.3 Å². The van der Waals surface area contributed by atoms with Crippen LogP contribution in [0.5, 0.6) is 5.75 Å². The van der Waals surface area contributed by atoms with E-state index in [1.54, 1.807) is 0 Å². The number of ether oxygens (including phenoxy) is 1. The van der Waals surface area contributed by atoms with Crippen LogP contribution < -0.4 is 15.5 Å². The lowest BCUT2D eigenvalue weighted by molar-refractivity contribution is -0.253. The van der Waals surface area contributed by atoms with Crippen LogP contribution in [0.1, 0.15) is 11.1 Å². The van der Waals surface area contributed by atoms with Gasteiger partial charge in [-0.2, -0.15) is 45.8 Å². The first-order valence-corrected chi connectivity index (χ1v) is 8.90. The van der Waals surface area contributed by atoms with E-state index in [-0.39, 0.29) is 17.5 Å². The number of benzene rings is 2. The lowest BCUT2D eigenvalue weighted by atomic mass is 10.1. The Hall–Kier alpha value is -3.97. The van der Waals surface area contributed by atoms with Gasteiger partial charge in [0.25, 0.3) is 0 Å². The molecule has 0 radical (unpaired) electrons. The van der Waals surface area contributed by atoms with Crippen molar-refractivity contribution in [3.05, 3.63) is 66.0 Å². The predicted octanol–water partition coefficient (Wildman–Crippen LogP) is 5.32. The second-order valence-corrected chi connectivity index (χ2v) is 6.24. The molecule has 1 aromatic heterocycles. The van der Waals surface area contributed by atoms with Gasteiger partial charge in [0.05, 0.1) is 11.8 Å². The number of hydrogen-bond acceptors (Lipinski definition) is 7. The highest BCUT2D eigenvalue weighted by molar-refractivity contribution is 5.80. The number of nitrogens with one attached hydrogen (secondary N) is 2. The molecule has 0 saturated carbocycles. The molecular formula is C19H13F7N6O. The summed E-state index contributed by atoms with van der Waals surface area (Å²) in [6.07, 6.45) is -10.8. The fourth-order valence-electron chi connectivity index (χ4n) is 2.31. The monoisotopic (exact) mass is 474 g/mol. The van der Waals surface area contributed by atoms with Crippen LogP contribution in [0.3, 0.4) is 0 Å². The van der Waals surface area contributed by atoms with Crippen LogP contribution in [0.15, 0.2) is 60.0 Å². The van der Waals surface area contributed by atoms with Gasteiger partial charge >= 0.3 is 18.7 Å². The van der Waals surface area contributed by atoms with E-state index in [1.807, 2.05) is 0 Å². The summed E-state index contributed by atoms with van der Waals surface area (Å²) < 4.78 is 92.4. The quantitative estimate of drug-likeness (QED) is 0.261. The Kier molecular flexibility index (Phi) is 6.94. The van der Waals surface area contributed by atoms with Gasteiger partial charge in [0.1, 0.15) is 12.1 Å². The molecule has 2 N–H and O–H groups in total. The molecule has 0 saturated heterocycles. The summed E-state index contributed by atoms with van der Waals surface area (Å²) in [6, 6.07) is 9.11. The van der Waals surface area contributed by atoms with Crippen molar-refractivity contribution in [2.45, 2.75) is 18.7 Å². The number of anilines is 3. The van der Waals surface area contributed by atoms with Crippen LogP contribution >= 0.6 is 0 Å². The molecule has 0 aliphatic heterocycles. The summed E-state index contributed by atoms with van der Waals surface area (Å²) in [7, 11) is 0. The van der Waals surface area contributed by atoms with Gasteiger partial charge in [-0.1, -0.05) is 12.1 Å². The standard InChI is InChI=1S/C19H13F7N6O/c20-15(21)19(25,26)33-14-6-4-13(5-7-14)30-16-27-10-28-17(31-16)32-29-9-11-2-1-3-12(8-11)18(22,23)24/h1-10,15H,(H2,27,28,30,31,32)/b29-9+. The van der Waals surface area contributed by atoms with Gasteiger partial charge in [0.15, 0.2) is 0 Å². The summed E-state index contributed by atoms with van der Waals surface area (Å²) in [5.41, 5.74) is 2.11. The summed E-state index contributed by atoms with van der Waals surface area (Å²) in [6.45, 7) is 0. The summed E-state index contributed by atoms with van der Waals surface area (Å²) in [5.74, 6) is -0.520. The van der Waals surface area contributed by atoms with E-state index in [9.17, 15) is 30.7 Å². The van der Waals surface area contributed by atoms with E-state index in [4.69, 9.17) is 0 Å². The molecular weight excluding hydrogens is 461 g/mol. The number of nitrogens with zero attached hydrogens (tertiary/aromatic N) is 4. The Labute approximate surface area is 181 Å². The fraction of sp³-hybridized carbons (Fsp3) is 0.158. The zero-order valence-electron chi connectivity index (χ0n) is 16.2. The molecule has 0 spiro atoms. The first kappa shape index (κ1) is 23.7. The molecule has 0 unspecified atom stereocenters. The maximum Gasteiger partial charge on any atom is 0.461 e. The molecule has 14 heteroatoms. The van der Waals surface area contributed by atoms with Crippen molar-refractivity contribution in [2.24, 2.45) is 5.10 Å². The highest BCUT2D eigenvalue weighted by atomic mass is 19.4. The lowest BCUT2D eigenvalue weighted by Crippen LogP contribution is -2.33. The molecule has 0 amide bonds. The first-order valence-electron chi connectivity index (χ1n) is 8.90. The van der Waals surface area contributed by atoms with E-state index in [0.717, 1.165) is 36.8 Å². The molecule has 7 nitrogen and oxygen atoms in total. The van der Waals surface area contributed by atoms with Gasteiger partial charge in [-0.05, 0) is 42.0 Å². The molecule has 1 heterocycles. The third-order valence-electron chi connectivity index (χ3n) is 3.78. The van der Waals surface area contributed by atoms with E-state index in [1.165, 1.54) is 24.3 Å². The molecule has 0 aliphatic carbocycles. The minimum atomic E-state index is -4.63. The van der Waals surface area contributed by atoms with Crippen LogP contribution in [-0.2, 0) is 6.18 Å². The minimum Gasteiger partial charge on any atom is -0.428 e. The lowest BCUT2D eigenvalue weighted by Gasteiger charge is -2.16. The number of hydrazone groups is 1. The molecule has 33 heavy (non-hydrogen) atoms. The SMILES string of the molecule is FC(F)C(F)(F)Oc1ccc(Nc2ncnc(N/N=C/c3cccc(C(F)(F)F)c3)n2)cc1. The Balaban J connectivity index is 1.62. The second-order valence-electron chi connectivity index (χ2n) is 6.24. The highest BCUT2D eigenvalue weighted by Gasteiger charge is 2.43. The van der Waals surface area contributed by atoms with Crippen molar-refractivity contribution in [1.82, 2.24) is 15.0 Å². The van der Waals surface area contributed by atoms with Crippen molar-refractivity contribution in [1.29, 1.82) is 0 Å². The summed E-state index contributed by atoms with van der Waals surface area (Å²) in [5, 5.41) is 6.49. The first-order chi connectivity index (χ1) is 15.5. The van der Waals surface area contributed by atoms with E-state index in [2.05, 4.69) is 35.5 Å². The van der Waals surface area contributed by atoms with Crippen LogP contribution in [0.25, 0.3) is 0 Å². The number of hydrogen-bond donors (Lipinski definition) is 2. The normalized spacial score (nSPS) is 12.2. The smallest absolute Gasteiger partial charge is 0.428 e. The van der Waals surface area contributed by atoms with Crippen LogP contribution in [0.2, 0.25) is 0 Å². The molecule has 0 aliphatic rings. The Bertz CT molecular complexity index is 1110. The number of alkyl halides is 7. The maximum atomic E-state index is 12.9. The molecule has 0 atom stereocenters. The topological polar surface area (TPSA) is 84.3 Å². The van der Waals surface area contributed by atoms with Crippen molar-refractivity contribution in [3.63, 3.8) is 0 Å². The Morgan fingerprint density at radius 1 is 0.939 bits per heavy atom. The van der Waals surface area contributed by atoms with Crippen molar-refractivity contribution >= 4 is 23.8 Å². The molecule has 174 valence electrons. The number of halogens is 7. The van der Waals surface area contributed by atoms with Crippen molar-refractivity contribution in [2.75, 3.05) is 10.7 Å². The average molecular weight is 474 g/mol. The number of rotatable bonds is 8. The molecule has 0 bridgehead atoms. The van der Waals surface area contributed by atoms with Gasteiger partial charge in [-0.3, -0.25) is 0 Å². The van der Waals surface area contributed by atoms with Crippen LogP contribution in [-0.4, -0.2) is 33.7 Å². The van der Waals surface area contributed by atoms with Gasteiger partial charge in [0, 0.05) is 5.69 Å². The zero-order valence-corrected chi connectivity index (χ0v) is 16.2. The third kappa shape index (κ3) is 6.75. The average Bonchev–Trinajstić information content (AvgIpc) is 2.75. The number of aromatic nitrogens is 3. The largest absolute Gasteiger partial charge is 0.461 e. The molecule has 0 fully saturated rings. The Morgan fingerprint density at radius 2 is 1.64 bits per heavy atom. The highest BCUT2D eigenvalue weighted by Crippen LogP contribution is 2.30. The van der Waals surface area contributed by atoms with E-state index < -0.39 is 30.0 Å². The predicted molar refractivity (Wildman–Crippen MR) is 104 cm³/mol. The van der Waals surface area contributed by atoms with E-state index in [0.29, 0.717) is 5.69 Å². The van der Waals surface area contributed by atoms with Crippen molar-refractivity contribution < 1.29 is 35.5 Å². The van der Waals surface area contributed by atoms with Gasteiger partial charge in [-0.15, -0.1) is 0 Å². The minimum absolute atomic E-state index is 0.00773. The van der Waals surface area contributed by atoms with Crippen molar-refractivity contribution in [3.8, 4) is 5.75 Å². The molecule has 3 aromatic rings. The third-order valence-corrected chi connectivity index (χ3v) is 3.78. The molecule has 2 aromatic carbocycles. The van der Waals surface area contributed by atoms with Crippen LogP contribution in [0, 0.1) is 0 Å². The second kappa shape index (κ2) is 9.67. The van der Waals surface area contributed by atoms with E-state index >= 15 is 0 Å². The molecule has 3 rings (SSSR count). The van der Waals surface area contributed by atoms with Gasteiger partial charge < -0.3 is 10.1 Å². The summed E-state index contributed by atoms with van der Waals surface area (Å²) >= 11 is 0. The maximum absolute atomic E-state index is 12.9.